The van der Waals surface area contributed by atoms with E-state index in [1.54, 1.807) is 11.8 Å². The van der Waals surface area contributed by atoms with Crippen LogP contribution in [0.2, 0.25) is 0 Å². The van der Waals surface area contributed by atoms with E-state index in [0.29, 0.717) is 0 Å². The molecule has 4 nitrogen and oxygen atoms in total. The molecule has 0 heterocycles. The summed E-state index contributed by atoms with van der Waals surface area (Å²) in [5, 5.41) is 10.2. The molecule has 0 saturated carbocycles. The Balaban J connectivity index is 4.73. The van der Waals surface area contributed by atoms with E-state index in [-0.39, 0.29) is 35.6 Å². The molecule has 0 aromatic carbocycles. The Morgan fingerprint density at radius 3 is 1.96 bits per heavy atom. The molecule has 0 aliphatic carbocycles. The van der Waals surface area contributed by atoms with Crippen LogP contribution in [0.15, 0.2) is 0 Å². The lowest BCUT2D eigenvalue weighted by molar-refractivity contribution is -0.169. The van der Waals surface area contributed by atoms with Crippen molar-refractivity contribution >= 4 is 17.7 Å². The monoisotopic (exact) mass is 390 g/mol. The van der Waals surface area contributed by atoms with E-state index >= 15 is 0 Å². The molecule has 0 aliphatic heterocycles. The molecule has 0 radical (unpaired) electrons. The third kappa shape index (κ3) is 9.09. The summed E-state index contributed by atoms with van der Waals surface area (Å²) in [6, 6.07) is 0. The van der Waals surface area contributed by atoms with Crippen LogP contribution in [0.4, 0.5) is 0 Å². The zero-order valence-corrected chi connectivity index (χ0v) is 19.5. The molecule has 0 saturated heterocycles. The second-order valence-electron chi connectivity index (χ2n) is 10.3. The SMILES string of the molecule is CCSCC(C)(C)OCC(O)COC(=O)C(C)(CC(C)(C)C)C(C)(C)C. The zero-order chi connectivity index (χ0) is 20.8. The fraction of sp³-hybridized carbons (Fsp3) is 0.952. The summed E-state index contributed by atoms with van der Waals surface area (Å²) in [4.78, 5) is 12.9. The molecule has 0 bridgehead atoms. The smallest absolute Gasteiger partial charge is 0.312 e. The van der Waals surface area contributed by atoms with Crippen LogP contribution in [0.3, 0.4) is 0 Å². The maximum atomic E-state index is 12.9. The van der Waals surface area contributed by atoms with E-state index in [2.05, 4.69) is 48.5 Å². The molecular formula is C21H42O4S. The minimum atomic E-state index is -0.816. The van der Waals surface area contributed by atoms with Crippen molar-refractivity contribution in [1.82, 2.24) is 0 Å². The van der Waals surface area contributed by atoms with Crippen LogP contribution in [-0.4, -0.2) is 47.5 Å². The predicted octanol–water partition coefficient (Wildman–Crippen LogP) is 4.93. The van der Waals surface area contributed by atoms with Crippen LogP contribution in [-0.2, 0) is 14.3 Å². The molecule has 0 aromatic rings. The summed E-state index contributed by atoms with van der Waals surface area (Å²) in [7, 11) is 0. The minimum absolute atomic E-state index is 0.00372. The molecule has 1 N–H and O–H groups in total. The molecule has 5 heteroatoms. The van der Waals surface area contributed by atoms with Gasteiger partial charge in [-0.3, -0.25) is 4.79 Å². The van der Waals surface area contributed by atoms with E-state index in [1.807, 2.05) is 20.8 Å². The Morgan fingerprint density at radius 2 is 1.54 bits per heavy atom. The van der Waals surface area contributed by atoms with Gasteiger partial charge in [0.1, 0.15) is 12.7 Å². The third-order valence-corrected chi connectivity index (χ3v) is 6.02. The van der Waals surface area contributed by atoms with E-state index in [0.717, 1.165) is 17.9 Å². The molecule has 0 spiro atoms. The number of esters is 1. The highest BCUT2D eigenvalue weighted by Gasteiger charge is 2.47. The van der Waals surface area contributed by atoms with E-state index < -0.39 is 11.5 Å². The molecule has 0 fully saturated rings. The van der Waals surface area contributed by atoms with Crippen molar-refractivity contribution in [3.05, 3.63) is 0 Å². The first-order chi connectivity index (χ1) is 11.5. The number of thioether (sulfide) groups is 1. The summed E-state index contributed by atoms with van der Waals surface area (Å²) < 4.78 is 11.3. The van der Waals surface area contributed by atoms with E-state index in [9.17, 15) is 9.90 Å². The second-order valence-corrected chi connectivity index (χ2v) is 11.6. The average molecular weight is 391 g/mol. The van der Waals surface area contributed by atoms with Crippen molar-refractivity contribution in [2.75, 3.05) is 24.7 Å². The van der Waals surface area contributed by atoms with Gasteiger partial charge >= 0.3 is 5.97 Å². The number of carbonyl (C=O) groups excluding carboxylic acids is 1. The first-order valence-corrected chi connectivity index (χ1v) is 10.8. The lowest BCUT2D eigenvalue weighted by Gasteiger charge is -2.43. The standard InChI is InChI=1S/C21H42O4S/c1-11-26-15-20(8,9)25-13-16(22)12-24-17(23)21(10,19(5,6)7)14-18(2,3)4/h16,22H,11-15H2,1-10H3. The van der Waals surface area contributed by atoms with Gasteiger partial charge < -0.3 is 14.6 Å². The number of aliphatic hydroxyl groups excluding tert-OH is 1. The van der Waals surface area contributed by atoms with Gasteiger partial charge in [0.25, 0.3) is 0 Å². The normalized spacial score (nSPS) is 16.9. The summed E-state index contributed by atoms with van der Waals surface area (Å²) in [6.45, 7) is 20.8. The van der Waals surface area contributed by atoms with Gasteiger partial charge in [0.2, 0.25) is 0 Å². The molecule has 0 rings (SSSR count). The molecule has 2 unspecified atom stereocenters. The van der Waals surface area contributed by atoms with Gasteiger partial charge in [-0.15, -0.1) is 0 Å². The predicted molar refractivity (Wildman–Crippen MR) is 112 cm³/mol. The van der Waals surface area contributed by atoms with Crippen molar-refractivity contribution in [2.24, 2.45) is 16.2 Å². The van der Waals surface area contributed by atoms with Gasteiger partial charge in [0.15, 0.2) is 0 Å². The van der Waals surface area contributed by atoms with Gasteiger partial charge in [-0.1, -0.05) is 48.5 Å². The van der Waals surface area contributed by atoms with Gasteiger partial charge in [-0.05, 0) is 43.8 Å². The third-order valence-electron chi connectivity index (χ3n) is 4.72. The summed E-state index contributed by atoms with van der Waals surface area (Å²) in [6.07, 6.45) is -0.0976. The molecule has 26 heavy (non-hydrogen) atoms. The number of aliphatic hydroxyl groups is 1. The average Bonchev–Trinajstić information content (AvgIpc) is 2.45. The number of hydrogen-bond acceptors (Lipinski definition) is 5. The van der Waals surface area contributed by atoms with Crippen LogP contribution in [0.5, 0.6) is 0 Å². The van der Waals surface area contributed by atoms with Gasteiger partial charge in [0, 0.05) is 5.75 Å². The van der Waals surface area contributed by atoms with Gasteiger partial charge in [-0.2, -0.15) is 11.8 Å². The van der Waals surface area contributed by atoms with Crippen molar-refractivity contribution in [3.63, 3.8) is 0 Å². The minimum Gasteiger partial charge on any atom is -0.462 e. The molecular weight excluding hydrogens is 348 g/mol. The Bertz CT molecular complexity index is 434. The topological polar surface area (TPSA) is 55.8 Å². The van der Waals surface area contributed by atoms with Crippen molar-refractivity contribution in [3.8, 4) is 0 Å². The number of rotatable bonds is 10. The van der Waals surface area contributed by atoms with Crippen LogP contribution in [0, 0.1) is 16.2 Å². The quantitative estimate of drug-likeness (QED) is 0.536. The molecule has 0 amide bonds. The Morgan fingerprint density at radius 1 is 1.00 bits per heavy atom. The Labute approximate surface area is 165 Å². The maximum absolute atomic E-state index is 12.9. The van der Waals surface area contributed by atoms with Crippen LogP contribution >= 0.6 is 11.8 Å². The molecule has 156 valence electrons. The zero-order valence-electron chi connectivity index (χ0n) is 18.7. The van der Waals surface area contributed by atoms with Crippen LogP contribution in [0.25, 0.3) is 0 Å². The first-order valence-electron chi connectivity index (χ1n) is 9.61. The Hall–Kier alpha value is -0.260. The van der Waals surface area contributed by atoms with Crippen LogP contribution in [0.1, 0.15) is 75.7 Å². The molecule has 0 aliphatic rings. The largest absolute Gasteiger partial charge is 0.462 e. The maximum Gasteiger partial charge on any atom is 0.312 e. The van der Waals surface area contributed by atoms with E-state index in [1.165, 1.54) is 0 Å². The molecule has 0 aromatic heterocycles. The fourth-order valence-electron chi connectivity index (χ4n) is 2.79. The number of hydrogen-bond donors (Lipinski definition) is 1. The van der Waals surface area contributed by atoms with Gasteiger partial charge in [-0.25, -0.2) is 0 Å². The highest BCUT2D eigenvalue weighted by molar-refractivity contribution is 7.99. The van der Waals surface area contributed by atoms with Crippen molar-refractivity contribution in [2.45, 2.75) is 87.4 Å². The lowest BCUT2D eigenvalue weighted by atomic mass is 9.61. The summed E-state index contributed by atoms with van der Waals surface area (Å²) in [5.41, 5.74) is -1.16. The number of ether oxygens (including phenoxy) is 2. The first kappa shape index (κ1) is 25.7. The van der Waals surface area contributed by atoms with Crippen LogP contribution < -0.4 is 0 Å². The molecule has 2 atom stereocenters. The number of carbonyl (C=O) groups is 1. The van der Waals surface area contributed by atoms with Crippen molar-refractivity contribution < 1.29 is 19.4 Å². The van der Waals surface area contributed by atoms with E-state index in [4.69, 9.17) is 9.47 Å². The van der Waals surface area contributed by atoms with Crippen molar-refractivity contribution in [1.29, 1.82) is 0 Å². The summed E-state index contributed by atoms with van der Waals surface area (Å²) in [5.74, 6) is 1.65. The van der Waals surface area contributed by atoms with Gasteiger partial charge in [0.05, 0.1) is 17.6 Å². The lowest BCUT2D eigenvalue weighted by Crippen LogP contribution is -2.45. The highest BCUT2D eigenvalue weighted by atomic mass is 32.2. The summed E-state index contributed by atoms with van der Waals surface area (Å²) >= 11 is 1.80. The second kappa shape index (κ2) is 9.79. The highest BCUT2D eigenvalue weighted by Crippen LogP contribution is 2.47. The Kier molecular flexibility index (Phi) is 9.69. The fourth-order valence-corrected chi connectivity index (χ4v) is 3.57.